The van der Waals surface area contributed by atoms with Gasteiger partial charge in [0.05, 0.1) is 0 Å². The van der Waals surface area contributed by atoms with Crippen molar-refractivity contribution < 1.29 is 19.1 Å². The molecule has 5 nitrogen and oxygen atoms in total. The summed E-state index contributed by atoms with van der Waals surface area (Å²) in [6, 6.07) is 0. The molecule has 0 spiro atoms. The van der Waals surface area contributed by atoms with Crippen LogP contribution in [0.4, 0.5) is 4.79 Å². The Kier molecular flexibility index (Phi) is 5.79. The number of hydrogen-bond acceptors (Lipinski definition) is 4. The lowest BCUT2D eigenvalue weighted by Crippen LogP contribution is -2.73. The summed E-state index contributed by atoms with van der Waals surface area (Å²) >= 11 is 0. The van der Waals surface area contributed by atoms with Crippen LogP contribution >= 0.6 is 0 Å². The van der Waals surface area contributed by atoms with Gasteiger partial charge in [-0.15, -0.1) is 0 Å². The van der Waals surface area contributed by atoms with Crippen LogP contribution in [0.1, 0.15) is 68.7 Å². The summed E-state index contributed by atoms with van der Waals surface area (Å²) in [5, 5.41) is 0. The number of allylic oxidation sites excluding steroid dienone is 1. The van der Waals surface area contributed by atoms with Gasteiger partial charge in [-0.3, -0.25) is 4.90 Å². The predicted molar refractivity (Wildman–Crippen MR) is 94.7 cm³/mol. The molecule has 138 valence electrons. The standard InChI is InChI=1S/C19H33NO4/c1-13(2)10-11-19(15(21)23-17(4,5)6)14(3)12-20(19)16(22)24-18(7,8)9/h10,14H,11-12H2,1-9H3/t14-,19+/m0/s1. The lowest BCUT2D eigenvalue weighted by atomic mass is 9.72. The minimum absolute atomic E-state index is 0.00969. The van der Waals surface area contributed by atoms with Gasteiger partial charge in [0, 0.05) is 18.9 Å². The van der Waals surface area contributed by atoms with Gasteiger partial charge in [0.25, 0.3) is 0 Å². The summed E-state index contributed by atoms with van der Waals surface area (Å²) in [7, 11) is 0. The van der Waals surface area contributed by atoms with Gasteiger partial charge in [0.2, 0.25) is 0 Å². The molecular weight excluding hydrogens is 306 g/mol. The van der Waals surface area contributed by atoms with E-state index >= 15 is 0 Å². The molecule has 0 aliphatic carbocycles. The Morgan fingerprint density at radius 1 is 1.08 bits per heavy atom. The number of amides is 1. The van der Waals surface area contributed by atoms with Crippen molar-refractivity contribution in [1.82, 2.24) is 4.90 Å². The third kappa shape index (κ3) is 4.74. The molecule has 24 heavy (non-hydrogen) atoms. The number of ether oxygens (including phenoxy) is 2. The van der Waals surface area contributed by atoms with Crippen molar-refractivity contribution in [2.45, 2.75) is 85.5 Å². The maximum Gasteiger partial charge on any atom is 0.411 e. The first-order valence-corrected chi connectivity index (χ1v) is 8.56. The molecule has 0 saturated carbocycles. The summed E-state index contributed by atoms with van der Waals surface area (Å²) in [5.41, 5.74) is -1.11. The molecule has 2 atom stereocenters. The van der Waals surface area contributed by atoms with E-state index in [0.717, 1.165) is 5.57 Å². The van der Waals surface area contributed by atoms with Crippen LogP contribution < -0.4 is 0 Å². The van der Waals surface area contributed by atoms with Gasteiger partial charge >= 0.3 is 12.1 Å². The molecule has 0 N–H and O–H groups in total. The first-order chi connectivity index (χ1) is 10.7. The van der Waals surface area contributed by atoms with Crippen LogP contribution in [0.25, 0.3) is 0 Å². The number of nitrogens with zero attached hydrogens (tertiary/aromatic N) is 1. The van der Waals surface area contributed by atoms with Gasteiger partial charge in [-0.1, -0.05) is 18.6 Å². The van der Waals surface area contributed by atoms with Gasteiger partial charge in [0.15, 0.2) is 5.54 Å². The Bertz CT molecular complexity index is 520. The number of hydrogen-bond donors (Lipinski definition) is 0. The van der Waals surface area contributed by atoms with E-state index in [0.29, 0.717) is 13.0 Å². The summed E-state index contributed by atoms with van der Waals surface area (Å²) in [6.07, 6.45) is 1.95. The monoisotopic (exact) mass is 339 g/mol. The van der Waals surface area contributed by atoms with Crippen molar-refractivity contribution in [3.05, 3.63) is 11.6 Å². The van der Waals surface area contributed by atoms with E-state index in [4.69, 9.17) is 9.47 Å². The van der Waals surface area contributed by atoms with Crippen LogP contribution in [0.5, 0.6) is 0 Å². The Balaban J connectivity index is 3.16. The highest BCUT2D eigenvalue weighted by molar-refractivity contribution is 5.89. The molecule has 0 aromatic carbocycles. The molecule has 1 aliphatic heterocycles. The van der Waals surface area contributed by atoms with Gasteiger partial charge in [-0.05, 0) is 55.4 Å². The molecule has 1 heterocycles. The smallest absolute Gasteiger partial charge is 0.411 e. The zero-order valence-corrected chi connectivity index (χ0v) is 16.6. The molecule has 1 rings (SSSR count). The summed E-state index contributed by atoms with van der Waals surface area (Å²) in [6.45, 7) is 17.4. The molecule has 1 saturated heterocycles. The second-order valence-electron chi connectivity index (χ2n) is 8.90. The number of carbonyl (C=O) groups excluding carboxylic acids is 2. The van der Waals surface area contributed by atoms with Gasteiger partial charge < -0.3 is 9.47 Å². The molecule has 1 amide bonds. The predicted octanol–water partition coefficient (Wildman–Crippen LogP) is 4.31. The minimum atomic E-state index is -0.993. The topological polar surface area (TPSA) is 55.8 Å². The molecular formula is C19H33NO4. The fraction of sp³-hybridized carbons (Fsp3) is 0.789. The molecule has 5 heteroatoms. The van der Waals surface area contributed by atoms with Gasteiger partial charge in [-0.25, -0.2) is 9.59 Å². The lowest BCUT2D eigenvalue weighted by Gasteiger charge is -2.55. The van der Waals surface area contributed by atoms with Crippen molar-refractivity contribution in [2.75, 3.05) is 6.54 Å². The Hall–Kier alpha value is -1.52. The fourth-order valence-corrected chi connectivity index (χ4v) is 2.73. The molecule has 0 aromatic rings. The van der Waals surface area contributed by atoms with E-state index < -0.39 is 22.8 Å². The van der Waals surface area contributed by atoms with Crippen LogP contribution in [0, 0.1) is 5.92 Å². The van der Waals surface area contributed by atoms with Gasteiger partial charge in [0.1, 0.15) is 11.2 Å². The van der Waals surface area contributed by atoms with Crippen molar-refractivity contribution in [2.24, 2.45) is 5.92 Å². The first kappa shape index (κ1) is 20.5. The van der Waals surface area contributed by atoms with E-state index in [1.165, 1.54) is 4.90 Å². The molecule has 1 fully saturated rings. The van der Waals surface area contributed by atoms with Crippen molar-refractivity contribution >= 4 is 12.1 Å². The van der Waals surface area contributed by atoms with Crippen molar-refractivity contribution in [1.29, 1.82) is 0 Å². The average Bonchev–Trinajstić information content (AvgIpc) is 2.31. The van der Waals surface area contributed by atoms with E-state index in [1.54, 1.807) is 0 Å². The highest BCUT2D eigenvalue weighted by atomic mass is 16.6. The third-order valence-electron chi connectivity index (χ3n) is 3.94. The first-order valence-electron chi connectivity index (χ1n) is 8.56. The largest absolute Gasteiger partial charge is 0.458 e. The quantitative estimate of drug-likeness (QED) is 0.568. The van der Waals surface area contributed by atoms with Crippen LogP contribution in [-0.2, 0) is 14.3 Å². The normalized spacial score (nSPS) is 24.0. The molecule has 0 bridgehead atoms. The SMILES string of the molecule is CC(C)=CC[C@]1(C(=O)OC(C)(C)C)[C@@H](C)CN1C(=O)OC(C)(C)C. The van der Waals surface area contributed by atoms with Crippen LogP contribution in [0.15, 0.2) is 11.6 Å². The highest BCUT2D eigenvalue weighted by Crippen LogP contribution is 2.42. The zero-order chi connectivity index (χ0) is 18.9. The van der Waals surface area contributed by atoms with E-state index in [9.17, 15) is 9.59 Å². The summed E-state index contributed by atoms with van der Waals surface area (Å²) < 4.78 is 11.1. The van der Waals surface area contributed by atoms with Crippen molar-refractivity contribution in [3.63, 3.8) is 0 Å². The van der Waals surface area contributed by atoms with Crippen LogP contribution in [-0.4, -0.2) is 40.2 Å². The molecule has 0 radical (unpaired) electrons. The molecule has 0 unspecified atom stereocenters. The second-order valence-corrected chi connectivity index (χ2v) is 8.90. The van der Waals surface area contributed by atoms with Crippen LogP contribution in [0.3, 0.4) is 0 Å². The Labute approximate surface area is 146 Å². The Morgan fingerprint density at radius 2 is 1.58 bits per heavy atom. The average molecular weight is 339 g/mol. The second kappa shape index (κ2) is 6.77. The summed E-state index contributed by atoms with van der Waals surface area (Å²) in [4.78, 5) is 27.1. The molecule has 0 aromatic heterocycles. The fourth-order valence-electron chi connectivity index (χ4n) is 2.73. The number of likely N-dealkylation sites (tertiary alicyclic amines) is 1. The maximum atomic E-state index is 13.0. The molecule has 1 aliphatic rings. The van der Waals surface area contributed by atoms with Crippen LogP contribution in [0.2, 0.25) is 0 Å². The summed E-state index contributed by atoms with van der Waals surface area (Å²) in [5.74, 6) is -0.354. The minimum Gasteiger partial charge on any atom is -0.458 e. The zero-order valence-electron chi connectivity index (χ0n) is 16.6. The lowest BCUT2D eigenvalue weighted by molar-refractivity contribution is -0.186. The highest BCUT2D eigenvalue weighted by Gasteiger charge is 2.60. The number of carbonyl (C=O) groups is 2. The number of esters is 1. The number of rotatable bonds is 3. The van der Waals surface area contributed by atoms with E-state index in [2.05, 4.69) is 0 Å². The maximum absolute atomic E-state index is 13.0. The van der Waals surface area contributed by atoms with Gasteiger partial charge in [-0.2, -0.15) is 0 Å². The third-order valence-corrected chi connectivity index (χ3v) is 3.94. The van der Waals surface area contributed by atoms with E-state index in [1.807, 2.05) is 68.4 Å². The Morgan fingerprint density at radius 3 is 1.96 bits per heavy atom. The van der Waals surface area contributed by atoms with E-state index in [-0.39, 0.29) is 11.9 Å². The van der Waals surface area contributed by atoms with Crippen molar-refractivity contribution in [3.8, 4) is 0 Å².